The molecule has 16 nitrogen and oxygen atoms in total. The maximum atomic E-state index is 14.7. The number of hydrogen-bond acceptors (Lipinski definition) is 17. The number of oxime groups is 1. The summed E-state index contributed by atoms with van der Waals surface area (Å²) in [6.45, 7) is 8.07. The predicted molar refractivity (Wildman–Crippen MR) is 274 cm³/mol. The first-order valence-corrected chi connectivity index (χ1v) is 25.4. The number of aromatic nitrogens is 3. The van der Waals surface area contributed by atoms with Gasteiger partial charge in [0.05, 0.1) is 7.11 Å². The van der Waals surface area contributed by atoms with E-state index in [1.54, 1.807) is 69.8 Å². The summed E-state index contributed by atoms with van der Waals surface area (Å²) < 4.78 is 16.7. The Morgan fingerprint density at radius 3 is 2.06 bits per heavy atom. The Kier molecular flexibility index (Phi) is 15.1. The highest BCUT2D eigenvalue weighted by atomic mass is 32.2. The number of anilines is 2. The predicted octanol–water partition coefficient (Wildman–Crippen LogP) is 7.96. The van der Waals surface area contributed by atoms with Crippen LogP contribution in [0.15, 0.2) is 154 Å². The van der Waals surface area contributed by atoms with Crippen molar-refractivity contribution in [3.05, 3.63) is 172 Å². The average molecular weight is 1010 g/mol. The minimum atomic E-state index is -1.65. The number of carbonyl (C=O) groups is 4. The van der Waals surface area contributed by atoms with Crippen molar-refractivity contribution >= 4 is 75.3 Å². The number of nitrogen functional groups attached to an aromatic ring is 1. The fourth-order valence-corrected chi connectivity index (χ4v) is 10.8. The topological polar surface area (TPSA) is 210 Å². The number of thiazole rings is 1. The minimum absolute atomic E-state index is 0.0689. The molecule has 1 saturated heterocycles. The lowest BCUT2D eigenvalue weighted by Crippen LogP contribution is -2.71. The lowest BCUT2D eigenvalue weighted by molar-refractivity contribution is -0.179. The third-order valence-electron chi connectivity index (χ3n) is 11.2. The molecule has 2 atom stereocenters. The quantitative estimate of drug-likeness (QED) is 0.0142. The summed E-state index contributed by atoms with van der Waals surface area (Å²) in [6.07, 6.45) is 1.54. The van der Waals surface area contributed by atoms with Crippen molar-refractivity contribution < 1.29 is 38.2 Å². The molecule has 2 aliphatic rings. The molecule has 19 heteroatoms. The van der Waals surface area contributed by atoms with Crippen LogP contribution in [0.5, 0.6) is 5.75 Å². The molecule has 0 radical (unpaired) electrons. The molecule has 0 spiro atoms. The monoisotopic (exact) mass is 1010 g/mol. The van der Waals surface area contributed by atoms with Crippen LogP contribution in [0.2, 0.25) is 0 Å². The highest BCUT2D eigenvalue weighted by Crippen LogP contribution is 2.43. The number of β-lactam (4-membered cyclic amide) rings is 1. The van der Waals surface area contributed by atoms with Gasteiger partial charge in [-0.25, -0.2) is 24.5 Å². The van der Waals surface area contributed by atoms with Crippen LogP contribution in [0.4, 0.5) is 10.9 Å². The van der Waals surface area contributed by atoms with E-state index in [9.17, 15) is 19.2 Å². The van der Waals surface area contributed by atoms with Gasteiger partial charge >= 0.3 is 11.9 Å². The summed E-state index contributed by atoms with van der Waals surface area (Å²) in [6, 6.07) is 37.4. The van der Waals surface area contributed by atoms with E-state index in [1.807, 2.05) is 91.0 Å². The summed E-state index contributed by atoms with van der Waals surface area (Å²) >= 11 is 3.86. The first-order valence-electron chi connectivity index (χ1n) is 22.5. The highest BCUT2D eigenvalue weighted by molar-refractivity contribution is 8.01. The highest BCUT2D eigenvalue weighted by Gasteiger charge is 2.55. The van der Waals surface area contributed by atoms with Crippen molar-refractivity contribution in [3.8, 4) is 5.75 Å². The fraction of sp³-hybridized carbons (Fsp3) is 0.269. The molecular weight excluding hydrogens is 961 g/mol. The molecule has 8 rings (SSSR count). The molecule has 0 saturated carbocycles. The standard InChI is InChI=1S/C52H52N8O8S3/c1-50(2,3)67-47(64)51(4,5)68-59-40(38-31-71-49(55-38)58-52(34-16-10-7-11-17-34,35-18-12-8-13-19-35)36-20-14-9-15-21-36)43(61)57-41-44(62)60-42(46(63)66-28-32-22-24-37(65-6)25-23-32)33(29-69-45(41)60)30-70-48-54-27-26-39(53)56-48/h7-27,31,41,45H,28-30H2,1-6H3,(H,55,58)(H,57,61)(H2,53,54,56)/b59-40-. The SMILES string of the molecule is COc1ccc(COC(=O)C2=C(CSc3nccc(N)n3)CSC3C(NC(=O)/C(=N\OC(C)(C)C(=O)OC(C)(C)C)c4csc(NC(c5ccccc5)(c5ccccc5)c5ccccc5)n4)C(=O)N23)cc1. The van der Waals surface area contributed by atoms with E-state index in [-0.39, 0.29) is 35.3 Å². The number of fused-ring (bicyclic) bond motifs is 1. The van der Waals surface area contributed by atoms with Crippen LogP contribution in [0, 0.1) is 0 Å². The molecule has 71 heavy (non-hydrogen) atoms. The second kappa shape index (κ2) is 21.4. The molecule has 2 amide bonds. The van der Waals surface area contributed by atoms with Gasteiger partial charge in [-0.05, 0) is 80.6 Å². The lowest BCUT2D eigenvalue weighted by atomic mass is 9.77. The smallest absolute Gasteiger partial charge is 0.355 e. The maximum absolute atomic E-state index is 14.7. The number of ether oxygens (including phenoxy) is 3. The van der Waals surface area contributed by atoms with Gasteiger partial charge in [0.2, 0.25) is 5.60 Å². The molecule has 4 heterocycles. The maximum Gasteiger partial charge on any atom is 0.355 e. The lowest BCUT2D eigenvalue weighted by Gasteiger charge is -2.49. The molecule has 2 aromatic heterocycles. The van der Waals surface area contributed by atoms with Gasteiger partial charge in [0, 0.05) is 23.1 Å². The van der Waals surface area contributed by atoms with Gasteiger partial charge in [0.25, 0.3) is 11.8 Å². The zero-order chi connectivity index (χ0) is 50.3. The number of rotatable bonds is 18. The van der Waals surface area contributed by atoms with Gasteiger partial charge in [-0.2, -0.15) is 0 Å². The summed E-state index contributed by atoms with van der Waals surface area (Å²) in [4.78, 5) is 77.2. The Balaban J connectivity index is 1.10. The normalized spacial score (nSPS) is 16.1. The first-order chi connectivity index (χ1) is 34.1. The molecular formula is C52H52N8O8S3. The number of nitrogens with one attached hydrogen (secondary N) is 2. The molecule has 4 aromatic carbocycles. The Morgan fingerprint density at radius 1 is 0.859 bits per heavy atom. The van der Waals surface area contributed by atoms with Crippen LogP contribution in [0.1, 0.15) is 62.6 Å². The Hall–Kier alpha value is -7.22. The van der Waals surface area contributed by atoms with Crippen LogP contribution in [0.3, 0.4) is 0 Å². The van der Waals surface area contributed by atoms with E-state index >= 15 is 0 Å². The summed E-state index contributed by atoms with van der Waals surface area (Å²) in [7, 11) is 1.56. The van der Waals surface area contributed by atoms with E-state index in [2.05, 4.69) is 25.8 Å². The molecule has 4 N–H and O–H groups in total. The number of amides is 2. The summed E-state index contributed by atoms with van der Waals surface area (Å²) in [5.74, 6) is -1.30. The van der Waals surface area contributed by atoms with Crippen molar-refractivity contribution in [2.45, 2.75) is 74.5 Å². The van der Waals surface area contributed by atoms with E-state index in [1.165, 1.54) is 53.6 Å². The van der Waals surface area contributed by atoms with Gasteiger partial charge in [-0.15, -0.1) is 23.1 Å². The molecule has 6 aromatic rings. The summed E-state index contributed by atoms with van der Waals surface area (Å²) in [5.41, 5.74) is 6.43. The number of thioether (sulfide) groups is 2. The minimum Gasteiger partial charge on any atom is -0.497 e. The van der Waals surface area contributed by atoms with Crippen LogP contribution in [0.25, 0.3) is 0 Å². The summed E-state index contributed by atoms with van der Waals surface area (Å²) in [5, 5.41) is 12.6. The fourth-order valence-electron chi connectivity index (χ4n) is 7.69. The van der Waals surface area contributed by atoms with Crippen molar-refractivity contribution in [3.63, 3.8) is 0 Å². The molecule has 2 aliphatic heterocycles. The second-order valence-corrected chi connectivity index (χ2v) is 20.8. The molecule has 2 unspecified atom stereocenters. The average Bonchev–Trinajstić information content (AvgIpc) is 3.83. The van der Waals surface area contributed by atoms with Crippen molar-refractivity contribution in [1.29, 1.82) is 0 Å². The molecule has 366 valence electrons. The van der Waals surface area contributed by atoms with Gasteiger partial charge in [-0.3, -0.25) is 14.5 Å². The third-order valence-corrected chi connectivity index (χ3v) is 14.3. The number of nitrogens with two attached hydrogens (primary N) is 1. The van der Waals surface area contributed by atoms with Gasteiger partial charge in [-0.1, -0.05) is 120 Å². The van der Waals surface area contributed by atoms with Gasteiger partial charge in [0.1, 0.15) is 52.1 Å². The zero-order valence-electron chi connectivity index (χ0n) is 39.8. The number of carbonyl (C=O) groups excluding carboxylic acids is 4. The second-order valence-electron chi connectivity index (χ2n) is 17.8. The van der Waals surface area contributed by atoms with Crippen LogP contribution in [-0.2, 0) is 45.6 Å². The Morgan fingerprint density at radius 2 is 1.48 bits per heavy atom. The third kappa shape index (κ3) is 11.4. The van der Waals surface area contributed by atoms with Crippen molar-refractivity contribution in [1.82, 2.24) is 25.2 Å². The zero-order valence-corrected chi connectivity index (χ0v) is 42.2. The largest absolute Gasteiger partial charge is 0.497 e. The number of methoxy groups -OCH3 is 1. The number of benzene rings is 4. The van der Waals surface area contributed by atoms with Crippen LogP contribution >= 0.6 is 34.9 Å². The Labute approximate surface area is 423 Å². The number of esters is 2. The van der Waals surface area contributed by atoms with E-state index < -0.39 is 51.9 Å². The van der Waals surface area contributed by atoms with Crippen LogP contribution < -0.4 is 21.1 Å². The van der Waals surface area contributed by atoms with Crippen molar-refractivity contribution in [2.24, 2.45) is 5.16 Å². The molecule has 1 fully saturated rings. The number of hydrogen-bond donors (Lipinski definition) is 3. The van der Waals surface area contributed by atoms with Gasteiger partial charge < -0.3 is 35.4 Å². The van der Waals surface area contributed by atoms with E-state index in [0.717, 1.165) is 16.7 Å². The van der Waals surface area contributed by atoms with Crippen molar-refractivity contribution in [2.75, 3.05) is 29.7 Å². The number of nitrogens with zero attached hydrogens (tertiary/aromatic N) is 5. The first kappa shape index (κ1) is 50.2. The van der Waals surface area contributed by atoms with E-state index in [0.29, 0.717) is 32.9 Å². The molecule has 0 bridgehead atoms. The Bertz CT molecular complexity index is 2850. The molecule has 0 aliphatic carbocycles. The van der Waals surface area contributed by atoms with Gasteiger partial charge in [0.15, 0.2) is 16.0 Å². The van der Waals surface area contributed by atoms with Crippen LogP contribution in [-0.4, -0.2) is 90.5 Å². The van der Waals surface area contributed by atoms with E-state index in [4.69, 9.17) is 29.8 Å².